The van der Waals surface area contributed by atoms with Gasteiger partial charge in [0.1, 0.15) is 5.69 Å². The molecule has 0 bridgehead atoms. The van der Waals surface area contributed by atoms with Crippen molar-refractivity contribution >= 4 is 24.1 Å². The fourth-order valence-electron chi connectivity index (χ4n) is 3.94. The first kappa shape index (κ1) is 24.7. The molecule has 1 aliphatic heterocycles. The predicted molar refractivity (Wildman–Crippen MR) is 133 cm³/mol. The molecule has 2 aromatic heterocycles. The van der Waals surface area contributed by atoms with Crippen LogP contribution in [0.5, 0.6) is 0 Å². The van der Waals surface area contributed by atoms with Crippen LogP contribution in [0.1, 0.15) is 16.8 Å². The fraction of sp³-hybridized carbons (Fsp3) is 0.417. The Kier molecular flexibility index (Phi) is 8.05. The van der Waals surface area contributed by atoms with Crippen LogP contribution in [0.25, 0.3) is 11.3 Å². The number of amides is 1. The van der Waals surface area contributed by atoms with Crippen molar-refractivity contribution < 1.29 is 4.79 Å². The summed E-state index contributed by atoms with van der Waals surface area (Å²) in [6, 6.07) is 8.08. The molecule has 33 heavy (non-hydrogen) atoms. The third-order valence-electron chi connectivity index (χ3n) is 6.16. The second-order valence-corrected chi connectivity index (χ2v) is 8.53. The van der Waals surface area contributed by atoms with Crippen molar-refractivity contribution in [2.45, 2.75) is 19.9 Å². The third kappa shape index (κ3) is 5.69. The molecule has 0 atom stereocenters. The molecule has 0 spiro atoms. The molecule has 0 aliphatic carbocycles. The van der Waals surface area contributed by atoms with Crippen molar-refractivity contribution in [3.63, 3.8) is 0 Å². The first-order valence-corrected chi connectivity index (χ1v) is 11.0. The highest BCUT2D eigenvalue weighted by Gasteiger charge is 2.22. The van der Waals surface area contributed by atoms with Crippen LogP contribution in [0.3, 0.4) is 0 Å². The average Bonchev–Trinajstić information content (AvgIpc) is 3.12. The minimum atomic E-state index is 0. The molecular formula is C24H32ClN7O. The molecule has 3 aromatic rings. The first-order valence-electron chi connectivity index (χ1n) is 11.0. The van der Waals surface area contributed by atoms with Gasteiger partial charge in [0.2, 0.25) is 5.91 Å². The van der Waals surface area contributed by atoms with Gasteiger partial charge in [-0.1, -0.05) is 24.3 Å². The number of benzene rings is 1. The zero-order valence-electron chi connectivity index (χ0n) is 19.7. The van der Waals surface area contributed by atoms with Crippen LogP contribution < -0.4 is 4.90 Å². The van der Waals surface area contributed by atoms with Crippen LogP contribution >= 0.6 is 12.4 Å². The smallest absolute Gasteiger partial charge is 0.226 e. The molecule has 0 N–H and O–H groups in total. The minimum absolute atomic E-state index is 0. The lowest BCUT2D eigenvalue weighted by atomic mass is 10.1. The van der Waals surface area contributed by atoms with Crippen molar-refractivity contribution in [1.82, 2.24) is 29.5 Å². The van der Waals surface area contributed by atoms with E-state index >= 15 is 0 Å². The van der Waals surface area contributed by atoms with Crippen LogP contribution in [-0.2, 0) is 24.8 Å². The lowest BCUT2D eigenvalue weighted by Crippen LogP contribution is -2.46. The van der Waals surface area contributed by atoms with Gasteiger partial charge in [0.25, 0.3) is 0 Å². The Balaban J connectivity index is 0.00000306. The van der Waals surface area contributed by atoms with Gasteiger partial charge in [0.15, 0.2) is 5.82 Å². The molecule has 0 unspecified atom stereocenters. The normalized spacial score (nSPS) is 14.1. The van der Waals surface area contributed by atoms with Crippen LogP contribution in [0.4, 0.5) is 5.82 Å². The molecule has 4 rings (SSSR count). The van der Waals surface area contributed by atoms with E-state index in [1.165, 1.54) is 11.3 Å². The molecular weight excluding hydrogens is 438 g/mol. The molecule has 0 saturated carbocycles. The van der Waals surface area contributed by atoms with Gasteiger partial charge in [-0.2, -0.15) is 5.10 Å². The summed E-state index contributed by atoms with van der Waals surface area (Å²) in [7, 11) is 5.54. The maximum atomic E-state index is 12.0. The maximum absolute atomic E-state index is 12.0. The maximum Gasteiger partial charge on any atom is 0.226 e. The number of hydrogen-bond acceptors (Lipinski definition) is 6. The number of carbonyl (C=O) groups is 1. The molecule has 9 heteroatoms. The Morgan fingerprint density at radius 2 is 1.70 bits per heavy atom. The average molecular weight is 470 g/mol. The molecule has 1 aliphatic rings. The summed E-state index contributed by atoms with van der Waals surface area (Å²) in [4.78, 5) is 27.7. The van der Waals surface area contributed by atoms with E-state index < -0.39 is 0 Å². The SMILES string of the molecule is Cc1c(CN2CCN(c3nccnc3-c3ccc(CC(=O)N(C)C)cc3)CC2)cnn1C.Cl. The van der Waals surface area contributed by atoms with E-state index in [0.29, 0.717) is 6.42 Å². The number of nitrogens with zero attached hydrogens (tertiary/aromatic N) is 7. The van der Waals surface area contributed by atoms with E-state index in [1.807, 2.05) is 42.2 Å². The molecule has 3 heterocycles. The largest absolute Gasteiger partial charge is 0.352 e. The van der Waals surface area contributed by atoms with Gasteiger partial charge in [0.05, 0.1) is 12.6 Å². The highest BCUT2D eigenvalue weighted by Crippen LogP contribution is 2.28. The number of rotatable bonds is 6. The fourth-order valence-corrected chi connectivity index (χ4v) is 3.94. The monoisotopic (exact) mass is 469 g/mol. The number of halogens is 1. The zero-order chi connectivity index (χ0) is 22.7. The summed E-state index contributed by atoms with van der Waals surface area (Å²) < 4.78 is 1.93. The van der Waals surface area contributed by atoms with Gasteiger partial charge in [-0.3, -0.25) is 19.4 Å². The van der Waals surface area contributed by atoms with Crippen molar-refractivity contribution in [3.8, 4) is 11.3 Å². The van der Waals surface area contributed by atoms with Gasteiger partial charge >= 0.3 is 0 Å². The molecule has 176 valence electrons. The van der Waals surface area contributed by atoms with Gasteiger partial charge in [-0.05, 0) is 12.5 Å². The number of anilines is 1. The van der Waals surface area contributed by atoms with Gasteiger partial charge in [-0.15, -0.1) is 12.4 Å². The topological polar surface area (TPSA) is 70.4 Å². The van der Waals surface area contributed by atoms with Crippen LogP contribution in [-0.4, -0.2) is 75.7 Å². The zero-order valence-corrected chi connectivity index (χ0v) is 20.5. The van der Waals surface area contributed by atoms with E-state index in [-0.39, 0.29) is 18.3 Å². The molecule has 8 nitrogen and oxygen atoms in total. The van der Waals surface area contributed by atoms with E-state index in [2.05, 4.69) is 31.8 Å². The predicted octanol–water partition coefficient (Wildman–Crippen LogP) is 2.56. The number of likely N-dealkylation sites (N-methyl/N-ethyl adjacent to an activating group) is 1. The minimum Gasteiger partial charge on any atom is -0.352 e. The Hall–Kier alpha value is -2.97. The summed E-state index contributed by atoms with van der Waals surface area (Å²) in [5.41, 5.74) is 5.41. The number of aryl methyl sites for hydroxylation is 1. The Labute approximate surface area is 201 Å². The van der Waals surface area contributed by atoms with E-state index in [9.17, 15) is 4.79 Å². The van der Waals surface area contributed by atoms with Crippen LogP contribution in [0.15, 0.2) is 42.9 Å². The number of aromatic nitrogens is 4. The van der Waals surface area contributed by atoms with E-state index in [0.717, 1.165) is 55.4 Å². The highest BCUT2D eigenvalue weighted by molar-refractivity contribution is 5.85. The van der Waals surface area contributed by atoms with Crippen molar-refractivity contribution in [1.29, 1.82) is 0 Å². The first-order chi connectivity index (χ1) is 15.4. The van der Waals surface area contributed by atoms with Crippen molar-refractivity contribution in [3.05, 3.63) is 59.7 Å². The van der Waals surface area contributed by atoms with Gasteiger partial charge in [0, 0.05) is 83.1 Å². The Morgan fingerprint density at radius 3 is 2.30 bits per heavy atom. The molecule has 1 aromatic carbocycles. The number of hydrogen-bond donors (Lipinski definition) is 0. The molecule has 1 fully saturated rings. The quantitative estimate of drug-likeness (QED) is 0.552. The Morgan fingerprint density at radius 1 is 1.03 bits per heavy atom. The van der Waals surface area contributed by atoms with Crippen molar-refractivity contribution in [2.24, 2.45) is 7.05 Å². The summed E-state index contributed by atoms with van der Waals surface area (Å²) in [5.74, 6) is 1.01. The second kappa shape index (κ2) is 10.8. The second-order valence-electron chi connectivity index (χ2n) is 8.53. The lowest BCUT2D eigenvalue weighted by Gasteiger charge is -2.35. The van der Waals surface area contributed by atoms with E-state index in [4.69, 9.17) is 0 Å². The summed E-state index contributed by atoms with van der Waals surface area (Å²) in [5, 5.41) is 4.36. The number of carbonyl (C=O) groups excluding carboxylic acids is 1. The summed E-state index contributed by atoms with van der Waals surface area (Å²) in [6.07, 6.45) is 5.87. The molecule has 0 radical (unpaired) electrons. The summed E-state index contributed by atoms with van der Waals surface area (Å²) in [6.45, 7) is 6.78. The van der Waals surface area contributed by atoms with Gasteiger partial charge < -0.3 is 9.80 Å². The van der Waals surface area contributed by atoms with Gasteiger partial charge in [-0.25, -0.2) is 4.98 Å². The molecule has 1 saturated heterocycles. The molecule has 1 amide bonds. The van der Waals surface area contributed by atoms with Crippen LogP contribution in [0, 0.1) is 6.92 Å². The summed E-state index contributed by atoms with van der Waals surface area (Å²) >= 11 is 0. The standard InChI is InChI=1S/C24H31N7O.ClH/c1-18-21(16-27-29(18)4)17-30-11-13-31(14-12-30)24-23(25-9-10-26-24)20-7-5-19(6-8-20)15-22(32)28(2)3;/h5-10,16H,11-15,17H2,1-4H3;1H. The lowest BCUT2D eigenvalue weighted by molar-refractivity contribution is -0.127. The Bertz CT molecular complexity index is 1070. The van der Waals surface area contributed by atoms with Crippen molar-refractivity contribution in [2.75, 3.05) is 45.2 Å². The third-order valence-corrected chi connectivity index (χ3v) is 6.16. The highest BCUT2D eigenvalue weighted by atomic mass is 35.5. The number of piperazine rings is 1. The van der Waals surface area contributed by atoms with E-state index in [1.54, 1.807) is 31.4 Å². The van der Waals surface area contributed by atoms with Crippen LogP contribution in [0.2, 0.25) is 0 Å².